The Morgan fingerprint density at radius 1 is 1.26 bits per heavy atom. The molecule has 0 saturated carbocycles. The third kappa shape index (κ3) is 6.80. The Kier molecular flexibility index (Phi) is 8.30. The lowest BCUT2D eigenvalue weighted by molar-refractivity contribution is -0.146. The standard InChI is InChI=1S/C18H26FNO3/c1-4-5-6-17(21)20(13-14(2)18(22)23-3)12-11-15-7-9-16(19)10-8-15/h7-10,14H,4-6,11-13H2,1-3H3. The van der Waals surface area contributed by atoms with Crippen molar-refractivity contribution in [3.05, 3.63) is 35.6 Å². The van der Waals surface area contributed by atoms with E-state index in [4.69, 9.17) is 4.74 Å². The van der Waals surface area contributed by atoms with E-state index < -0.39 is 0 Å². The Balaban J connectivity index is 2.67. The number of benzene rings is 1. The van der Waals surface area contributed by atoms with Gasteiger partial charge >= 0.3 is 5.97 Å². The summed E-state index contributed by atoms with van der Waals surface area (Å²) in [5.41, 5.74) is 0.963. The van der Waals surface area contributed by atoms with Crippen molar-refractivity contribution in [1.82, 2.24) is 4.90 Å². The van der Waals surface area contributed by atoms with Gasteiger partial charge in [-0.3, -0.25) is 9.59 Å². The molecule has 0 radical (unpaired) electrons. The Labute approximate surface area is 137 Å². The molecule has 0 fully saturated rings. The number of ether oxygens (including phenoxy) is 1. The third-order valence-electron chi connectivity index (χ3n) is 3.78. The molecule has 23 heavy (non-hydrogen) atoms. The van der Waals surface area contributed by atoms with Gasteiger partial charge in [-0.25, -0.2) is 4.39 Å². The largest absolute Gasteiger partial charge is 0.469 e. The van der Waals surface area contributed by atoms with E-state index >= 15 is 0 Å². The third-order valence-corrected chi connectivity index (χ3v) is 3.78. The van der Waals surface area contributed by atoms with E-state index in [0.717, 1.165) is 18.4 Å². The van der Waals surface area contributed by atoms with Crippen molar-refractivity contribution in [1.29, 1.82) is 0 Å². The summed E-state index contributed by atoms with van der Waals surface area (Å²) in [6.45, 7) is 4.64. The zero-order valence-corrected chi connectivity index (χ0v) is 14.2. The minimum Gasteiger partial charge on any atom is -0.469 e. The van der Waals surface area contributed by atoms with Crippen LogP contribution in [-0.2, 0) is 20.7 Å². The summed E-state index contributed by atoms with van der Waals surface area (Å²) in [7, 11) is 1.35. The number of methoxy groups -OCH3 is 1. The van der Waals surface area contributed by atoms with Crippen LogP contribution in [0.4, 0.5) is 4.39 Å². The molecule has 0 heterocycles. The van der Waals surface area contributed by atoms with Gasteiger partial charge in [-0.15, -0.1) is 0 Å². The molecule has 0 N–H and O–H groups in total. The van der Waals surface area contributed by atoms with E-state index in [1.807, 2.05) is 6.92 Å². The molecule has 5 heteroatoms. The second kappa shape index (κ2) is 9.98. The normalized spacial score (nSPS) is 11.8. The van der Waals surface area contributed by atoms with Crippen LogP contribution in [0.1, 0.15) is 38.7 Å². The minimum absolute atomic E-state index is 0.0460. The van der Waals surface area contributed by atoms with Gasteiger partial charge in [-0.05, 0) is 30.5 Å². The quantitative estimate of drug-likeness (QED) is 0.656. The lowest BCUT2D eigenvalue weighted by Gasteiger charge is -2.25. The summed E-state index contributed by atoms with van der Waals surface area (Å²) >= 11 is 0. The number of hydrogen-bond donors (Lipinski definition) is 0. The monoisotopic (exact) mass is 323 g/mol. The maximum absolute atomic E-state index is 12.9. The van der Waals surface area contributed by atoms with Gasteiger partial charge in [0.15, 0.2) is 0 Å². The first-order valence-corrected chi connectivity index (χ1v) is 8.08. The molecule has 0 aliphatic rings. The van der Waals surface area contributed by atoms with Gasteiger partial charge < -0.3 is 9.64 Å². The summed E-state index contributed by atoms with van der Waals surface area (Å²) in [4.78, 5) is 25.6. The Morgan fingerprint density at radius 2 is 1.91 bits per heavy atom. The van der Waals surface area contributed by atoms with Gasteiger partial charge in [-0.1, -0.05) is 32.4 Å². The van der Waals surface area contributed by atoms with Crippen LogP contribution >= 0.6 is 0 Å². The summed E-state index contributed by atoms with van der Waals surface area (Å²) < 4.78 is 17.7. The molecular weight excluding hydrogens is 297 g/mol. The van der Waals surface area contributed by atoms with Gasteiger partial charge in [0.25, 0.3) is 0 Å². The van der Waals surface area contributed by atoms with Crippen molar-refractivity contribution in [2.24, 2.45) is 5.92 Å². The number of nitrogens with zero attached hydrogens (tertiary/aromatic N) is 1. The minimum atomic E-state index is -0.362. The number of amides is 1. The highest BCUT2D eigenvalue weighted by atomic mass is 19.1. The SMILES string of the molecule is CCCCC(=O)N(CCc1ccc(F)cc1)CC(C)C(=O)OC. The summed E-state index contributed by atoms with van der Waals surface area (Å²) in [5, 5.41) is 0. The molecule has 0 spiro atoms. The van der Waals surface area contributed by atoms with E-state index in [-0.39, 0.29) is 23.6 Å². The van der Waals surface area contributed by atoms with Gasteiger partial charge in [0, 0.05) is 19.5 Å². The van der Waals surface area contributed by atoms with Crippen molar-refractivity contribution >= 4 is 11.9 Å². The lowest BCUT2D eigenvalue weighted by Crippen LogP contribution is -2.38. The Bertz CT molecular complexity index is 501. The second-order valence-corrected chi connectivity index (χ2v) is 5.74. The van der Waals surface area contributed by atoms with Crippen LogP contribution in [0.15, 0.2) is 24.3 Å². The Hall–Kier alpha value is -1.91. The van der Waals surface area contributed by atoms with Crippen LogP contribution in [0.2, 0.25) is 0 Å². The van der Waals surface area contributed by atoms with Crippen LogP contribution in [0.3, 0.4) is 0 Å². The highest BCUT2D eigenvalue weighted by molar-refractivity contribution is 5.78. The summed E-state index contributed by atoms with van der Waals surface area (Å²) in [5.74, 6) is -0.910. The summed E-state index contributed by atoms with van der Waals surface area (Å²) in [6, 6.07) is 6.26. The predicted octanol–water partition coefficient (Wildman–Crippen LogP) is 3.20. The van der Waals surface area contributed by atoms with E-state index in [1.165, 1.54) is 19.2 Å². The molecule has 1 amide bonds. The van der Waals surface area contributed by atoms with Gasteiger partial charge in [0.05, 0.1) is 13.0 Å². The van der Waals surface area contributed by atoms with Crippen molar-refractivity contribution in [3.8, 4) is 0 Å². The lowest BCUT2D eigenvalue weighted by atomic mass is 10.1. The summed E-state index contributed by atoms with van der Waals surface area (Å²) in [6.07, 6.45) is 2.89. The fourth-order valence-electron chi connectivity index (χ4n) is 2.33. The Morgan fingerprint density at radius 3 is 2.48 bits per heavy atom. The van der Waals surface area contributed by atoms with Crippen LogP contribution in [0.5, 0.6) is 0 Å². The number of carbonyl (C=O) groups is 2. The van der Waals surface area contributed by atoms with Crippen molar-refractivity contribution in [2.45, 2.75) is 39.5 Å². The number of rotatable bonds is 9. The smallest absolute Gasteiger partial charge is 0.310 e. The number of hydrogen-bond acceptors (Lipinski definition) is 3. The first-order valence-electron chi connectivity index (χ1n) is 8.08. The zero-order chi connectivity index (χ0) is 17.2. The van der Waals surface area contributed by atoms with Crippen molar-refractivity contribution < 1.29 is 18.7 Å². The number of esters is 1. The second-order valence-electron chi connectivity index (χ2n) is 5.74. The molecule has 4 nitrogen and oxygen atoms in total. The zero-order valence-electron chi connectivity index (χ0n) is 14.2. The first-order chi connectivity index (χ1) is 11.0. The van der Waals surface area contributed by atoms with E-state index in [9.17, 15) is 14.0 Å². The molecule has 0 saturated heterocycles. The van der Waals surface area contributed by atoms with Crippen LogP contribution < -0.4 is 0 Å². The molecular formula is C18H26FNO3. The molecule has 1 unspecified atom stereocenters. The maximum atomic E-state index is 12.9. The number of carbonyl (C=O) groups excluding carboxylic acids is 2. The highest BCUT2D eigenvalue weighted by Gasteiger charge is 2.21. The van der Waals surface area contributed by atoms with E-state index in [1.54, 1.807) is 24.0 Å². The number of halogens is 1. The topological polar surface area (TPSA) is 46.6 Å². The molecule has 0 aromatic heterocycles. The molecule has 1 atom stereocenters. The molecule has 0 bridgehead atoms. The average molecular weight is 323 g/mol. The van der Waals surface area contributed by atoms with E-state index in [2.05, 4.69) is 0 Å². The van der Waals surface area contributed by atoms with Crippen LogP contribution in [-0.4, -0.2) is 37.0 Å². The average Bonchev–Trinajstić information content (AvgIpc) is 2.56. The first kappa shape index (κ1) is 19.1. The molecule has 0 aliphatic carbocycles. The fraction of sp³-hybridized carbons (Fsp3) is 0.556. The molecule has 0 aliphatic heterocycles. The molecule has 1 aromatic carbocycles. The van der Waals surface area contributed by atoms with Crippen LogP contribution in [0.25, 0.3) is 0 Å². The van der Waals surface area contributed by atoms with E-state index in [0.29, 0.717) is 25.9 Å². The number of unbranched alkanes of at least 4 members (excludes halogenated alkanes) is 1. The van der Waals surface area contributed by atoms with Crippen LogP contribution in [0, 0.1) is 11.7 Å². The van der Waals surface area contributed by atoms with Crippen molar-refractivity contribution in [3.63, 3.8) is 0 Å². The maximum Gasteiger partial charge on any atom is 0.310 e. The fourth-order valence-corrected chi connectivity index (χ4v) is 2.33. The van der Waals surface area contributed by atoms with Crippen molar-refractivity contribution in [2.75, 3.05) is 20.2 Å². The molecule has 128 valence electrons. The molecule has 1 aromatic rings. The van der Waals surface area contributed by atoms with Gasteiger partial charge in [0.2, 0.25) is 5.91 Å². The predicted molar refractivity (Wildman–Crippen MR) is 87.4 cm³/mol. The molecule has 1 rings (SSSR count). The van der Waals surface area contributed by atoms with Gasteiger partial charge in [0.1, 0.15) is 5.82 Å². The highest BCUT2D eigenvalue weighted by Crippen LogP contribution is 2.10. The van der Waals surface area contributed by atoms with Gasteiger partial charge in [-0.2, -0.15) is 0 Å².